The summed E-state index contributed by atoms with van der Waals surface area (Å²) in [5, 5.41) is 0. The molecule has 0 radical (unpaired) electrons. The van der Waals surface area contributed by atoms with Crippen LogP contribution in [-0.4, -0.2) is 4.98 Å². The topological polar surface area (TPSA) is 19.7 Å². The highest BCUT2D eigenvalue weighted by Crippen LogP contribution is 2.16. The molecule has 1 aromatic carbocycles. The summed E-state index contributed by atoms with van der Waals surface area (Å²) in [4.78, 5) is 3.16. The van der Waals surface area contributed by atoms with Gasteiger partial charge >= 0.3 is 0 Å². The van der Waals surface area contributed by atoms with Gasteiger partial charge in [0.05, 0.1) is 0 Å². The third-order valence-electron chi connectivity index (χ3n) is 3.74. The summed E-state index contributed by atoms with van der Waals surface area (Å²) in [6.45, 7) is 2.27. The molecule has 0 amide bonds. The molecule has 19 heavy (non-hydrogen) atoms. The van der Waals surface area contributed by atoms with E-state index in [0.717, 1.165) is 6.42 Å². The molecule has 1 heterocycles. The maximum absolute atomic E-state index is 3.16. The summed E-state index contributed by atoms with van der Waals surface area (Å²) in [5.41, 5.74) is 1.44. The SMILES string of the molecule is CCCCCC(CCc1ccccc1)[n+]1cc[nH]c1. The molecular formula is C17H25N2+. The van der Waals surface area contributed by atoms with E-state index < -0.39 is 0 Å². The smallest absolute Gasteiger partial charge is 0.241 e. The van der Waals surface area contributed by atoms with Gasteiger partial charge in [0.2, 0.25) is 6.33 Å². The van der Waals surface area contributed by atoms with Crippen LogP contribution in [0, 0.1) is 0 Å². The van der Waals surface area contributed by atoms with Crippen LogP contribution in [0.2, 0.25) is 0 Å². The normalized spacial score (nSPS) is 12.5. The third-order valence-corrected chi connectivity index (χ3v) is 3.74. The van der Waals surface area contributed by atoms with E-state index >= 15 is 0 Å². The lowest BCUT2D eigenvalue weighted by atomic mass is 10.0. The van der Waals surface area contributed by atoms with Crippen LogP contribution in [-0.2, 0) is 6.42 Å². The first kappa shape index (κ1) is 13.9. The number of H-pyrrole nitrogens is 1. The number of aromatic nitrogens is 2. The first-order chi connectivity index (χ1) is 9.40. The molecule has 0 spiro atoms. The van der Waals surface area contributed by atoms with Crippen molar-refractivity contribution >= 4 is 0 Å². The second-order valence-electron chi connectivity index (χ2n) is 5.23. The molecule has 2 aromatic rings. The number of nitrogens with zero attached hydrogens (tertiary/aromatic N) is 1. The minimum Gasteiger partial charge on any atom is -0.250 e. The van der Waals surface area contributed by atoms with Crippen LogP contribution in [0.4, 0.5) is 0 Å². The van der Waals surface area contributed by atoms with Crippen molar-refractivity contribution in [2.24, 2.45) is 0 Å². The van der Waals surface area contributed by atoms with Crippen LogP contribution in [0.15, 0.2) is 49.1 Å². The predicted octanol–water partition coefficient (Wildman–Crippen LogP) is 4.06. The lowest BCUT2D eigenvalue weighted by Crippen LogP contribution is -2.37. The van der Waals surface area contributed by atoms with Crippen molar-refractivity contribution in [1.29, 1.82) is 0 Å². The molecular weight excluding hydrogens is 232 g/mol. The Morgan fingerprint density at radius 1 is 1.11 bits per heavy atom. The van der Waals surface area contributed by atoms with E-state index in [-0.39, 0.29) is 0 Å². The van der Waals surface area contributed by atoms with Gasteiger partial charge < -0.3 is 0 Å². The van der Waals surface area contributed by atoms with E-state index in [1.54, 1.807) is 0 Å². The van der Waals surface area contributed by atoms with Gasteiger partial charge in [0.15, 0.2) is 0 Å². The zero-order chi connectivity index (χ0) is 13.3. The van der Waals surface area contributed by atoms with Crippen LogP contribution in [0.25, 0.3) is 0 Å². The van der Waals surface area contributed by atoms with E-state index in [0.29, 0.717) is 6.04 Å². The Kier molecular flexibility index (Phi) is 5.67. The van der Waals surface area contributed by atoms with Crippen molar-refractivity contribution < 1.29 is 4.57 Å². The maximum atomic E-state index is 3.16. The highest BCUT2D eigenvalue weighted by Gasteiger charge is 2.14. The average Bonchev–Trinajstić information content (AvgIpc) is 2.98. The lowest BCUT2D eigenvalue weighted by molar-refractivity contribution is -0.723. The van der Waals surface area contributed by atoms with Crippen LogP contribution in [0.5, 0.6) is 0 Å². The van der Waals surface area contributed by atoms with Crippen molar-refractivity contribution in [1.82, 2.24) is 4.98 Å². The fourth-order valence-electron chi connectivity index (χ4n) is 2.58. The third kappa shape index (κ3) is 4.55. The molecule has 0 aliphatic rings. The van der Waals surface area contributed by atoms with E-state index in [1.807, 2.05) is 6.20 Å². The van der Waals surface area contributed by atoms with Crippen molar-refractivity contribution in [3.05, 3.63) is 54.6 Å². The minimum atomic E-state index is 0.623. The molecule has 0 saturated carbocycles. The van der Waals surface area contributed by atoms with Gasteiger partial charge in [0.1, 0.15) is 18.4 Å². The molecule has 0 bridgehead atoms. The maximum Gasteiger partial charge on any atom is 0.241 e. The number of nitrogens with one attached hydrogen (secondary N) is 1. The Morgan fingerprint density at radius 3 is 2.63 bits per heavy atom. The highest BCUT2D eigenvalue weighted by atomic mass is 15.0. The summed E-state index contributed by atoms with van der Waals surface area (Å²) in [6.07, 6.45) is 13.9. The predicted molar refractivity (Wildman–Crippen MR) is 78.9 cm³/mol. The summed E-state index contributed by atoms with van der Waals surface area (Å²) in [7, 11) is 0. The second-order valence-corrected chi connectivity index (χ2v) is 5.23. The molecule has 102 valence electrons. The van der Waals surface area contributed by atoms with Crippen LogP contribution < -0.4 is 4.57 Å². The molecule has 0 aliphatic carbocycles. The largest absolute Gasteiger partial charge is 0.250 e. The molecule has 1 N–H and O–H groups in total. The zero-order valence-electron chi connectivity index (χ0n) is 11.9. The van der Waals surface area contributed by atoms with E-state index in [1.165, 1.54) is 37.7 Å². The Balaban J connectivity index is 1.90. The van der Waals surface area contributed by atoms with Crippen LogP contribution in [0.1, 0.15) is 50.6 Å². The van der Waals surface area contributed by atoms with Gasteiger partial charge in [-0.1, -0.05) is 50.1 Å². The fraction of sp³-hybridized carbons (Fsp3) is 0.471. The van der Waals surface area contributed by atoms with E-state index in [4.69, 9.17) is 0 Å². The van der Waals surface area contributed by atoms with Crippen LogP contribution >= 0.6 is 0 Å². The monoisotopic (exact) mass is 257 g/mol. The van der Waals surface area contributed by atoms with Crippen molar-refractivity contribution in [2.45, 2.75) is 51.5 Å². The number of aryl methyl sites for hydroxylation is 1. The first-order valence-corrected chi connectivity index (χ1v) is 7.47. The minimum absolute atomic E-state index is 0.623. The van der Waals surface area contributed by atoms with E-state index in [2.05, 4.69) is 59.3 Å². The summed E-state index contributed by atoms with van der Waals surface area (Å²) in [6, 6.07) is 11.4. The summed E-state index contributed by atoms with van der Waals surface area (Å²) >= 11 is 0. The number of hydrogen-bond donors (Lipinski definition) is 1. The quantitative estimate of drug-likeness (QED) is 0.543. The highest BCUT2D eigenvalue weighted by molar-refractivity contribution is 5.14. The number of unbranched alkanes of at least 4 members (excludes halogenated alkanes) is 2. The van der Waals surface area contributed by atoms with Gasteiger partial charge in [-0.2, -0.15) is 0 Å². The molecule has 2 nitrogen and oxygen atoms in total. The van der Waals surface area contributed by atoms with Crippen LogP contribution in [0.3, 0.4) is 0 Å². The molecule has 2 rings (SSSR count). The molecule has 2 heteroatoms. The molecule has 1 aromatic heterocycles. The van der Waals surface area contributed by atoms with Gasteiger partial charge in [-0.3, -0.25) is 4.98 Å². The van der Waals surface area contributed by atoms with Crippen molar-refractivity contribution in [2.75, 3.05) is 0 Å². The molecule has 0 saturated heterocycles. The Hall–Kier alpha value is -1.57. The number of aromatic amines is 1. The number of hydrogen-bond acceptors (Lipinski definition) is 0. The molecule has 1 unspecified atom stereocenters. The summed E-state index contributed by atoms with van der Waals surface area (Å²) in [5.74, 6) is 0. The van der Waals surface area contributed by atoms with Crippen molar-refractivity contribution in [3.8, 4) is 0 Å². The summed E-state index contributed by atoms with van der Waals surface area (Å²) < 4.78 is 2.33. The Labute approximate surface area is 116 Å². The standard InChI is InChI=1S/C17H24N2/c1-2-3-5-10-17(19-14-13-18-15-19)12-11-16-8-6-4-7-9-16/h4,6-9,13-15,17H,2-3,5,10-12H2,1H3/p+1. The second kappa shape index (κ2) is 7.78. The molecule has 1 atom stereocenters. The van der Waals surface area contributed by atoms with Gasteiger partial charge in [0, 0.05) is 0 Å². The fourth-order valence-corrected chi connectivity index (χ4v) is 2.58. The lowest BCUT2D eigenvalue weighted by Gasteiger charge is -2.13. The van der Waals surface area contributed by atoms with Gasteiger partial charge in [-0.15, -0.1) is 0 Å². The van der Waals surface area contributed by atoms with Crippen molar-refractivity contribution in [3.63, 3.8) is 0 Å². The average molecular weight is 257 g/mol. The Morgan fingerprint density at radius 2 is 1.95 bits per heavy atom. The van der Waals surface area contributed by atoms with E-state index in [9.17, 15) is 0 Å². The number of rotatable bonds is 8. The zero-order valence-corrected chi connectivity index (χ0v) is 11.9. The van der Waals surface area contributed by atoms with Gasteiger partial charge in [0.25, 0.3) is 0 Å². The van der Waals surface area contributed by atoms with Gasteiger partial charge in [-0.05, 0) is 31.2 Å². The Bertz CT molecular complexity index is 434. The molecule has 0 aliphatic heterocycles. The molecule has 0 fully saturated rings. The number of imidazole rings is 1. The number of benzene rings is 1. The first-order valence-electron chi connectivity index (χ1n) is 7.47. The van der Waals surface area contributed by atoms with Gasteiger partial charge in [-0.25, -0.2) is 4.57 Å².